The van der Waals surface area contributed by atoms with E-state index in [1.165, 1.54) is 128 Å². The molecule has 28 atom stereocenters. The van der Waals surface area contributed by atoms with Gasteiger partial charge in [0.2, 0.25) is 0 Å². The molecule has 0 radical (unpaired) electrons. The Morgan fingerprint density at radius 3 is 1.44 bits per heavy atom. The van der Waals surface area contributed by atoms with Crippen molar-refractivity contribution in [3.63, 3.8) is 0 Å². The fourth-order valence-corrected chi connectivity index (χ4v) is 29.6. The minimum atomic E-state index is -1.17. The van der Waals surface area contributed by atoms with Gasteiger partial charge in [-0.05, 0) is 354 Å². The maximum Gasteiger partial charge on any atom is 0.127 e. The molecular formula is C114H194O10. The number of carbonyl (C=O) groups excluding carboxylic acids is 2. The second kappa shape index (κ2) is 36.4. The van der Waals surface area contributed by atoms with Crippen molar-refractivity contribution in [3.05, 3.63) is 72.4 Å². The molecule has 14 unspecified atom stereocenters. The molecule has 0 bridgehead atoms. The predicted molar refractivity (Wildman–Crippen MR) is 517 cm³/mol. The lowest BCUT2D eigenvalue weighted by atomic mass is 9.48. The zero-order valence-corrected chi connectivity index (χ0v) is 85.8. The molecule has 2 heterocycles. The van der Waals surface area contributed by atoms with Crippen LogP contribution >= 0.6 is 0 Å². The van der Waals surface area contributed by atoms with E-state index in [1.54, 1.807) is 16.7 Å². The molecule has 2 saturated heterocycles. The largest absolute Gasteiger partial charge is 0.393 e. The average molecular weight is 1720 g/mol. The van der Waals surface area contributed by atoms with Crippen molar-refractivity contribution in [3.8, 4) is 0 Å². The highest BCUT2D eigenvalue weighted by molar-refractivity contribution is 5.63. The first-order valence-corrected chi connectivity index (χ1v) is 51.2. The van der Waals surface area contributed by atoms with Crippen LogP contribution in [0.25, 0.3) is 0 Å². The van der Waals surface area contributed by atoms with Gasteiger partial charge in [-0.3, -0.25) is 0 Å². The van der Waals surface area contributed by atoms with E-state index in [2.05, 4.69) is 231 Å². The zero-order chi connectivity index (χ0) is 93.1. The molecule has 0 aromatic rings. The summed E-state index contributed by atoms with van der Waals surface area (Å²) in [4.78, 5) is 22.3. The molecule has 2 spiro atoms. The first-order chi connectivity index (χ1) is 56.7. The van der Waals surface area contributed by atoms with E-state index in [0.717, 1.165) is 153 Å². The third-order valence-electron chi connectivity index (χ3n) is 40.2. The van der Waals surface area contributed by atoms with E-state index in [1.807, 2.05) is 20.8 Å². The van der Waals surface area contributed by atoms with Crippen molar-refractivity contribution in [2.45, 2.75) is 478 Å². The summed E-state index contributed by atoms with van der Waals surface area (Å²) < 4.78 is 12.2. The molecule has 710 valence electrons. The number of aliphatic hydroxyl groups is 6. The van der Waals surface area contributed by atoms with Crippen molar-refractivity contribution in [2.75, 3.05) is 0 Å². The number of carbonyl (C=O) groups is 2. The van der Waals surface area contributed by atoms with Gasteiger partial charge in [-0.1, -0.05) is 268 Å². The second-order valence-corrected chi connectivity index (χ2v) is 54.5. The lowest BCUT2D eigenvalue weighted by Crippen LogP contribution is -2.65. The average Bonchev–Trinajstić information content (AvgIpc) is 1.49. The first kappa shape index (κ1) is 104. The van der Waals surface area contributed by atoms with Gasteiger partial charge in [0.05, 0.1) is 35.1 Å². The van der Waals surface area contributed by atoms with E-state index in [9.17, 15) is 40.2 Å². The molecule has 10 nitrogen and oxygen atoms in total. The van der Waals surface area contributed by atoms with Crippen molar-refractivity contribution >= 4 is 12.6 Å². The SMILES string of the molecule is C/C1=C\CCC(C)(C)/C=C/[C@H](C(C)C)CC1.C=C1C(C=O)CC[C@]2(C)CC[C@](O)(C(C)(C)C)[C@H]3O[C@]132.C=C1C(O)CC[C@]2(C)CC[C@](O)(C(C)(C)C)[C@H]3O[C@]132.C=C1CCCC2(C)CCC(C(C)(C)C)CC12.C=C1CCC[C@]2(C)CC[C@@H](C(C)(C)C)CC12.CC(C)(C)[C@@]1(O)CC[C@@]2(C)CCC(O)C(CC=O)C2[C@@H]1O.CC1CCC2C1C1C(CCC2(C)C)C1(C)C. The first-order valence-electron chi connectivity index (χ1n) is 51.2. The summed E-state index contributed by atoms with van der Waals surface area (Å²) in [5, 5.41) is 64.8. The smallest absolute Gasteiger partial charge is 0.127 e. The molecule has 124 heavy (non-hydrogen) atoms. The topological polar surface area (TPSA) is 181 Å². The van der Waals surface area contributed by atoms with Gasteiger partial charge >= 0.3 is 0 Å². The Bertz CT molecular complexity index is 3750. The summed E-state index contributed by atoms with van der Waals surface area (Å²) in [6, 6.07) is 0. The molecule has 13 saturated carbocycles. The molecule has 16 rings (SSSR count). The minimum Gasteiger partial charge on any atom is -0.393 e. The third-order valence-corrected chi connectivity index (χ3v) is 40.2. The number of hydrogen-bond donors (Lipinski definition) is 6. The molecule has 0 aromatic heterocycles. The highest BCUT2D eigenvalue weighted by Crippen LogP contribution is 2.75. The highest BCUT2D eigenvalue weighted by Gasteiger charge is 2.81. The van der Waals surface area contributed by atoms with Crippen LogP contribution < -0.4 is 0 Å². The highest BCUT2D eigenvalue weighted by atomic mass is 16.6. The summed E-state index contributed by atoms with van der Waals surface area (Å²) in [7, 11) is 0. The number of hydrogen-bond acceptors (Lipinski definition) is 10. The van der Waals surface area contributed by atoms with Gasteiger partial charge in [0.1, 0.15) is 36.0 Å². The molecule has 2 aliphatic heterocycles. The van der Waals surface area contributed by atoms with E-state index in [-0.39, 0.29) is 63.5 Å². The lowest BCUT2D eigenvalue weighted by molar-refractivity contribution is -0.237. The zero-order valence-electron chi connectivity index (χ0n) is 85.8. The van der Waals surface area contributed by atoms with E-state index in [0.29, 0.717) is 50.7 Å². The van der Waals surface area contributed by atoms with E-state index in [4.69, 9.17) is 9.47 Å². The molecule has 15 fully saturated rings. The Hall–Kier alpha value is -2.54. The van der Waals surface area contributed by atoms with Crippen LogP contribution in [0.1, 0.15) is 420 Å². The number of ether oxygens (including phenoxy) is 2. The number of aldehydes is 2. The van der Waals surface area contributed by atoms with Gasteiger partial charge < -0.3 is 49.7 Å². The normalized spacial score (nSPS) is 45.9. The summed E-state index contributed by atoms with van der Waals surface area (Å²) in [5.74, 6) is 9.55. The van der Waals surface area contributed by atoms with Crippen LogP contribution in [0.5, 0.6) is 0 Å². The van der Waals surface area contributed by atoms with Crippen LogP contribution in [-0.4, -0.2) is 102 Å². The Morgan fingerprint density at radius 2 is 0.976 bits per heavy atom. The van der Waals surface area contributed by atoms with Crippen LogP contribution in [0.15, 0.2) is 72.4 Å². The van der Waals surface area contributed by atoms with Crippen molar-refractivity contribution in [1.29, 1.82) is 0 Å². The molecule has 6 N–H and O–H groups in total. The number of epoxide rings is 2. The second-order valence-electron chi connectivity index (χ2n) is 54.5. The molecular weight excluding hydrogens is 1530 g/mol. The lowest BCUT2D eigenvalue weighted by Gasteiger charge is -2.60. The van der Waals surface area contributed by atoms with Gasteiger partial charge in [-0.25, -0.2) is 0 Å². The van der Waals surface area contributed by atoms with Crippen LogP contribution in [0.4, 0.5) is 0 Å². The maximum absolute atomic E-state index is 11.3. The monoisotopic (exact) mass is 1720 g/mol. The van der Waals surface area contributed by atoms with Crippen molar-refractivity contribution in [1.82, 2.24) is 0 Å². The Labute approximate surface area is 761 Å². The van der Waals surface area contributed by atoms with Gasteiger partial charge in [0, 0.05) is 23.2 Å². The summed E-state index contributed by atoms with van der Waals surface area (Å²) in [6.45, 7) is 85.6. The van der Waals surface area contributed by atoms with Crippen molar-refractivity contribution in [2.24, 2.45) is 153 Å². The van der Waals surface area contributed by atoms with Gasteiger partial charge in [0.15, 0.2) is 0 Å². The Balaban J connectivity index is 0.000000152. The fraction of sp³-hybridized carbons (Fsp3) is 0.877. The fourth-order valence-electron chi connectivity index (χ4n) is 29.6. The van der Waals surface area contributed by atoms with E-state index < -0.39 is 51.7 Å². The van der Waals surface area contributed by atoms with Crippen LogP contribution in [0.3, 0.4) is 0 Å². The van der Waals surface area contributed by atoms with Gasteiger partial charge in [-0.15, -0.1) is 0 Å². The Morgan fingerprint density at radius 1 is 0.500 bits per heavy atom. The Kier molecular flexibility index (Phi) is 30.4. The number of aliphatic hydroxyl groups excluding tert-OH is 3. The molecule has 14 aliphatic carbocycles. The molecule has 10 heteroatoms. The molecule has 16 aliphatic rings. The van der Waals surface area contributed by atoms with E-state index >= 15 is 0 Å². The summed E-state index contributed by atoms with van der Waals surface area (Å²) >= 11 is 0. The van der Waals surface area contributed by atoms with Crippen LogP contribution in [0.2, 0.25) is 0 Å². The summed E-state index contributed by atoms with van der Waals surface area (Å²) in [6.07, 6.45) is 44.8. The molecule has 0 amide bonds. The minimum absolute atomic E-state index is 0.0193. The predicted octanol–water partition coefficient (Wildman–Crippen LogP) is 27.7. The van der Waals surface area contributed by atoms with Gasteiger partial charge in [0.25, 0.3) is 0 Å². The maximum atomic E-state index is 11.3. The van der Waals surface area contributed by atoms with Gasteiger partial charge in [-0.2, -0.15) is 0 Å². The van der Waals surface area contributed by atoms with Crippen LogP contribution in [0, 0.1) is 153 Å². The van der Waals surface area contributed by atoms with Crippen LogP contribution in [-0.2, 0) is 19.1 Å². The van der Waals surface area contributed by atoms with Crippen molar-refractivity contribution < 1.29 is 49.7 Å². The molecule has 0 aromatic carbocycles. The number of fused-ring (bicyclic) bond motifs is 6. The third kappa shape index (κ3) is 19.7. The standard InChI is InChI=1S/C17H30O4.C17H26O3.C16H26O3.4C16H28/c1-15(2,3)17(21)9-8-16(4)7-5-12(19)11(6-10-18)13(16)14(17)20;1-11-12(10-18)6-7-15(5)8-9-16(19,14(2,3)4)13-17(11,15)20-13;1-10-11(17)6-7-14(5)8-9-15(18,13(2,3)4)12-16(10,14)19-12;1-10-6-7-11-13(10)14-12(16(14,4)5)8-9-15(11,2)3;2*1-12-7-6-9-16(5)10-8-13(11-14(12)16)15(2,3)4;1-13(2)15-9-8-14(3)7-6-11-16(4,5)12-10-15/h10-14,19-21H,5-9H2,1-4H3;10,12-13,19H,1,6-9H2,2-5H3;11-12,17-18H,1,6-9H2,2-5H3;10-14H,6-9H2,1-5H3;2*13-14H,1,6-11H2,2-5H3;7,10,12-13,15H,6,8-9,11H2,1-5H3/b;;;;;;12-10+,14-7+/t11?,12?,13?,14-,16+,17+;12?,13-,15-,16-,17-;11?,12-,14-,15-,16-;;13-,14?,16-;;15-/m011.1.1/s1. The number of allylic oxidation sites excluding steroid dienone is 6. The number of rotatable bonds is 4. The quantitative estimate of drug-likeness (QED) is 0.0901. The summed E-state index contributed by atoms with van der Waals surface area (Å²) in [5.41, 5.74) is 5.42.